The van der Waals surface area contributed by atoms with Gasteiger partial charge in [0, 0.05) is 48.6 Å². The van der Waals surface area contributed by atoms with E-state index in [1.165, 1.54) is 6.07 Å². The molecule has 1 N–H and O–H groups in total. The van der Waals surface area contributed by atoms with Crippen molar-refractivity contribution < 1.29 is 18.3 Å². The maximum Gasteiger partial charge on any atom is 0.319 e. The number of anilines is 1. The highest BCUT2D eigenvalue weighted by Crippen LogP contribution is 2.42. The highest BCUT2D eigenvalue weighted by molar-refractivity contribution is 5.99. The Morgan fingerprint density at radius 2 is 1.77 bits per heavy atom. The predicted octanol–water partition coefficient (Wildman–Crippen LogP) is 5.24. The lowest BCUT2D eigenvalue weighted by atomic mass is 9.79. The number of aromatic nitrogens is 3. The minimum atomic E-state index is -0.632. The van der Waals surface area contributed by atoms with E-state index >= 15 is 8.78 Å². The number of carbonyl (C=O) groups is 1. The average molecular weight is 585 g/mol. The minimum Gasteiger partial charge on any atom is -0.461 e. The van der Waals surface area contributed by atoms with Crippen LogP contribution in [0.3, 0.4) is 0 Å². The van der Waals surface area contributed by atoms with Crippen molar-refractivity contribution in [2.45, 2.75) is 50.5 Å². The molecule has 0 aliphatic carbocycles. The lowest BCUT2D eigenvalue weighted by Crippen LogP contribution is -2.45. The molecule has 1 spiro atoms. The van der Waals surface area contributed by atoms with Gasteiger partial charge in [-0.2, -0.15) is 9.97 Å². The van der Waals surface area contributed by atoms with Crippen LogP contribution < -0.4 is 15.0 Å². The molecule has 222 valence electrons. The minimum absolute atomic E-state index is 0.0219. The zero-order chi connectivity index (χ0) is 29.2. The van der Waals surface area contributed by atoms with Crippen molar-refractivity contribution in [3.05, 3.63) is 54.2 Å². The molecule has 4 aromatic rings. The van der Waals surface area contributed by atoms with Crippen LogP contribution in [-0.2, 0) is 4.79 Å². The first-order valence-electron chi connectivity index (χ1n) is 15.4. The maximum absolute atomic E-state index is 16.6. The van der Waals surface area contributed by atoms with Crippen LogP contribution in [0.25, 0.3) is 32.9 Å². The normalized spacial score (nSPS) is 23.4. The SMILES string of the molecule is O=C1CC2(CCCN(c3nc(OCC45CCCN4CCC5)nc4c(F)c(-c5cccc6cccc(F)c56)ncc34)C2)CN1. The number of fused-ring (bicyclic) bond motifs is 3. The Morgan fingerprint density at radius 1 is 0.977 bits per heavy atom. The van der Waals surface area contributed by atoms with Crippen molar-refractivity contribution >= 4 is 33.4 Å². The van der Waals surface area contributed by atoms with Crippen LogP contribution in [0.4, 0.5) is 14.6 Å². The summed E-state index contributed by atoms with van der Waals surface area (Å²) in [6.45, 7) is 4.55. The van der Waals surface area contributed by atoms with Crippen LogP contribution >= 0.6 is 0 Å². The fraction of sp³-hybridized carbons (Fsp3) is 0.455. The first-order valence-corrected chi connectivity index (χ1v) is 15.4. The number of benzene rings is 2. The monoisotopic (exact) mass is 584 g/mol. The second-order valence-electron chi connectivity index (χ2n) is 12.8. The molecular formula is C33H34F2N6O2. The van der Waals surface area contributed by atoms with Crippen LogP contribution in [0, 0.1) is 17.0 Å². The van der Waals surface area contributed by atoms with Gasteiger partial charge >= 0.3 is 6.01 Å². The van der Waals surface area contributed by atoms with Gasteiger partial charge in [-0.25, -0.2) is 8.78 Å². The van der Waals surface area contributed by atoms with Gasteiger partial charge in [-0.05, 0) is 63.1 Å². The third kappa shape index (κ3) is 4.41. The van der Waals surface area contributed by atoms with Crippen molar-refractivity contribution in [1.82, 2.24) is 25.2 Å². The van der Waals surface area contributed by atoms with E-state index < -0.39 is 11.6 Å². The zero-order valence-corrected chi connectivity index (χ0v) is 24.0. The molecule has 0 saturated carbocycles. The van der Waals surface area contributed by atoms with Crippen LogP contribution in [0.2, 0.25) is 0 Å². The number of ether oxygens (including phenoxy) is 1. The molecule has 1 atom stereocenters. The number of rotatable bonds is 5. The van der Waals surface area contributed by atoms with Gasteiger partial charge < -0.3 is 15.0 Å². The largest absolute Gasteiger partial charge is 0.461 e. The smallest absolute Gasteiger partial charge is 0.319 e. The van der Waals surface area contributed by atoms with Gasteiger partial charge in [0.1, 0.15) is 29.5 Å². The Hall–Kier alpha value is -3.92. The topological polar surface area (TPSA) is 83.5 Å². The zero-order valence-electron chi connectivity index (χ0n) is 24.0. The van der Waals surface area contributed by atoms with Crippen molar-refractivity contribution in [3.8, 4) is 17.3 Å². The number of carbonyl (C=O) groups excluding carboxylic acids is 1. The second kappa shape index (κ2) is 10.1. The van der Waals surface area contributed by atoms with E-state index in [0.29, 0.717) is 53.7 Å². The number of halogens is 2. The highest BCUT2D eigenvalue weighted by atomic mass is 19.1. The molecule has 4 aliphatic heterocycles. The van der Waals surface area contributed by atoms with E-state index in [9.17, 15) is 4.79 Å². The number of amides is 1. The van der Waals surface area contributed by atoms with E-state index in [2.05, 4.69) is 25.1 Å². The van der Waals surface area contributed by atoms with Crippen LogP contribution in [-0.4, -0.2) is 70.6 Å². The molecule has 4 fully saturated rings. The summed E-state index contributed by atoms with van der Waals surface area (Å²) in [6, 6.07) is 10.2. The molecule has 1 unspecified atom stereocenters. The van der Waals surface area contributed by atoms with Crippen LogP contribution in [0.1, 0.15) is 44.9 Å². The molecule has 6 heterocycles. The van der Waals surface area contributed by atoms with Gasteiger partial charge in [-0.15, -0.1) is 0 Å². The maximum atomic E-state index is 16.6. The molecule has 8 nitrogen and oxygen atoms in total. The van der Waals surface area contributed by atoms with E-state index in [-0.39, 0.29) is 34.1 Å². The van der Waals surface area contributed by atoms with Gasteiger partial charge in [0.15, 0.2) is 5.82 Å². The molecule has 2 aromatic heterocycles. The molecule has 0 radical (unpaired) electrons. The Bertz CT molecular complexity index is 1750. The number of nitrogens with one attached hydrogen (secondary N) is 1. The molecule has 10 heteroatoms. The lowest BCUT2D eigenvalue weighted by molar-refractivity contribution is -0.119. The molecular weight excluding hydrogens is 550 g/mol. The second-order valence-corrected chi connectivity index (χ2v) is 12.8. The Balaban J connectivity index is 1.25. The van der Waals surface area contributed by atoms with Crippen molar-refractivity contribution in [3.63, 3.8) is 0 Å². The summed E-state index contributed by atoms with van der Waals surface area (Å²) in [5.74, 6) is -0.438. The third-order valence-corrected chi connectivity index (χ3v) is 10.2. The summed E-state index contributed by atoms with van der Waals surface area (Å²) in [5.41, 5.74) is 0.303. The van der Waals surface area contributed by atoms with E-state index in [1.54, 1.807) is 36.5 Å². The van der Waals surface area contributed by atoms with Gasteiger partial charge in [-0.3, -0.25) is 14.7 Å². The van der Waals surface area contributed by atoms with E-state index in [0.717, 1.165) is 58.2 Å². The number of nitrogens with zero attached hydrogens (tertiary/aromatic N) is 5. The molecule has 43 heavy (non-hydrogen) atoms. The molecule has 4 aliphatic rings. The molecule has 0 bridgehead atoms. The van der Waals surface area contributed by atoms with Crippen LogP contribution in [0.15, 0.2) is 42.6 Å². The summed E-state index contributed by atoms with van der Waals surface area (Å²) in [7, 11) is 0. The number of piperidine rings is 1. The van der Waals surface area contributed by atoms with Gasteiger partial charge in [0.25, 0.3) is 0 Å². The summed E-state index contributed by atoms with van der Waals surface area (Å²) in [4.78, 5) is 30.9. The summed E-state index contributed by atoms with van der Waals surface area (Å²) in [5, 5.41) is 4.46. The molecule has 8 rings (SSSR count). The fourth-order valence-electron chi connectivity index (χ4n) is 8.10. The average Bonchev–Trinajstić information content (AvgIpc) is 3.70. The summed E-state index contributed by atoms with van der Waals surface area (Å²) >= 11 is 0. The highest BCUT2D eigenvalue weighted by Gasteiger charge is 2.45. The Kier molecular flexibility index (Phi) is 6.25. The van der Waals surface area contributed by atoms with Crippen molar-refractivity contribution in [2.24, 2.45) is 5.41 Å². The van der Waals surface area contributed by atoms with E-state index in [1.807, 2.05) is 0 Å². The predicted molar refractivity (Wildman–Crippen MR) is 160 cm³/mol. The van der Waals surface area contributed by atoms with E-state index in [4.69, 9.17) is 9.72 Å². The van der Waals surface area contributed by atoms with Crippen LogP contribution in [0.5, 0.6) is 6.01 Å². The van der Waals surface area contributed by atoms with Gasteiger partial charge in [-0.1, -0.05) is 30.3 Å². The molecule has 1 amide bonds. The summed E-state index contributed by atoms with van der Waals surface area (Å²) in [6.07, 6.45) is 8.31. The van der Waals surface area contributed by atoms with Gasteiger partial charge in [0.05, 0.1) is 10.9 Å². The quantitative estimate of drug-likeness (QED) is 0.344. The third-order valence-electron chi connectivity index (χ3n) is 10.2. The Morgan fingerprint density at radius 3 is 2.56 bits per heavy atom. The van der Waals surface area contributed by atoms with Gasteiger partial charge in [0.2, 0.25) is 5.91 Å². The molecule has 4 saturated heterocycles. The number of pyridine rings is 1. The molecule has 2 aromatic carbocycles. The van der Waals surface area contributed by atoms with Crippen molar-refractivity contribution in [2.75, 3.05) is 44.2 Å². The lowest BCUT2D eigenvalue weighted by Gasteiger charge is -2.40. The first-order chi connectivity index (χ1) is 20.9. The first kappa shape index (κ1) is 26.7. The van der Waals surface area contributed by atoms with Crippen molar-refractivity contribution in [1.29, 1.82) is 0 Å². The standard InChI is InChI=1S/C33H34F2N6O2/c34-24-9-2-7-21-6-1-8-22(26(21)24)28-27(35)29-23(17-36-28)30(40-13-3-10-32(19-40)16-25(42)37-18-32)39-31(38-29)43-20-33-11-4-14-41(33)15-5-12-33/h1-2,6-9,17H,3-5,10-16,18-20H2,(H,37,42). The Labute approximate surface area is 248 Å². The summed E-state index contributed by atoms with van der Waals surface area (Å²) < 4.78 is 38.0. The number of hydrogen-bond acceptors (Lipinski definition) is 7. The fourth-order valence-corrected chi connectivity index (χ4v) is 8.10. The number of hydrogen-bond donors (Lipinski definition) is 1.